The van der Waals surface area contributed by atoms with Crippen LogP contribution in [-0.2, 0) is 9.53 Å². The van der Waals surface area contributed by atoms with Gasteiger partial charge in [-0.2, -0.15) is 0 Å². The van der Waals surface area contributed by atoms with Gasteiger partial charge in [-0.1, -0.05) is 36.8 Å². The predicted octanol–water partition coefficient (Wildman–Crippen LogP) is 1.54. The molecule has 1 aromatic carbocycles. The van der Waals surface area contributed by atoms with E-state index in [-0.39, 0.29) is 6.61 Å². The van der Waals surface area contributed by atoms with E-state index in [0.29, 0.717) is 19.2 Å². The molecule has 1 unspecified atom stereocenters. The zero-order valence-electron chi connectivity index (χ0n) is 11.1. The van der Waals surface area contributed by atoms with Crippen LogP contribution >= 0.6 is 0 Å². The van der Waals surface area contributed by atoms with Crippen molar-refractivity contribution in [2.75, 3.05) is 19.8 Å². The van der Waals surface area contributed by atoms with Gasteiger partial charge >= 0.3 is 0 Å². The highest BCUT2D eigenvalue weighted by molar-refractivity contribution is 5.74. The topological polar surface area (TPSA) is 64.3 Å². The number of carbonyl (C=O) groups is 1. The molecule has 1 amide bonds. The second-order valence-corrected chi connectivity index (χ2v) is 4.34. The largest absolute Gasteiger partial charge is 0.370 e. The van der Waals surface area contributed by atoms with Crippen LogP contribution in [0.2, 0.25) is 0 Å². The zero-order valence-corrected chi connectivity index (χ0v) is 11.1. The standard InChI is InChI=1S/C14H22N2O2/c1-3-13(12-6-4-11(2)5-7-12)16-8-9-18-10-14(15)17/h4-7,13,16H,3,8-10H2,1-2H3,(H2,15,17). The Balaban J connectivity index is 2.33. The minimum Gasteiger partial charge on any atom is -0.370 e. The maximum Gasteiger partial charge on any atom is 0.243 e. The third-order valence-corrected chi connectivity index (χ3v) is 2.77. The van der Waals surface area contributed by atoms with E-state index in [9.17, 15) is 4.79 Å². The van der Waals surface area contributed by atoms with Gasteiger partial charge in [-0.05, 0) is 18.9 Å². The summed E-state index contributed by atoms with van der Waals surface area (Å²) in [5, 5.41) is 3.40. The summed E-state index contributed by atoms with van der Waals surface area (Å²) >= 11 is 0. The quantitative estimate of drug-likeness (QED) is 0.688. The summed E-state index contributed by atoms with van der Waals surface area (Å²) in [6.07, 6.45) is 1.01. The number of aryl methyl sites for hydroxylation is 1. The maximum atomic E-state index is 10.5. The van der Waals surface area contributed by atoms with Gasteiger partial charge in [-0.3, -0.25) is 4.79 Å². The molecule has 0 bridgehead atoms. The van der Waals surface area contributed by atoms with Gasteiger partial charge < -0.3 is 15.8 Å². The molecule has 0 saturated heterocycles. The number of nitrogens with one attached hydrogen (secondary N) is 1. The number of nitrogens with two attached hydrogens (primary N) is 1. The molecule has 0 fully saturated rings. The molecule has 3 N–H and O–H groups in total. The van der Waals surface area contributed by atoms with Crippen molar-refractivity contribution in [3.05, 3.63) is 35.4 Å². The lowest BCUT2D eigenvalue weighted by Gasteiger charge is -2.17. The van der Waals surface area contributed by atoms with Crippen molar-refractivity contribution >= 4 is 5.91 Å². The van der Waals surface area contributed by atoms with Crippen LogP contribution in [0.15, 0.2) is 24.3 Å². The third kappa shape index (κ3) is 5.29. The molecule has 4 nitrogen and oxygen atoms in total. The van der Waals surface area contributed by atoms with Crippen LogP contribution in [0.25, 0.3) is 0 Å². The molecule has 0 aliphatic carbocycles. The first kappa shape index (κ1) is 14.7. The van der Waals surface area contributed by atoms with Gasteiger partial charge in [0.1, 0.15) is 6.61 Å². The highest BCUT2D eigenvalue weighted by Crippen LogP contribution is 2.16. The molecular formula is C14H22N2O2. The lowest BCUT2D eigenvalue weighted by molar-refractivity contribution is -0.122. The minimum atomic E-state index is -0.430. The Morgan fingerprint density at radius 1 is 1.39 bits per heavy atom. The van der Waals surface area contributed by atoms with Crippen LogP contribution in [0.1, 0.15) is 30.5 Å². The Kier molecular flexibility index (Phi) is 6.39. The number of rotatable bonds is 8. The van der Waals surface area contributed by atoms with Gasteiger partial charge in [0, 0.05) is 12.6 Å². The van der Waals surface area contributed by atoms with Gasteiger partial charge in [0.25, 0.3) is 0 Å². The second kappa shape index (κ2) is 7.84. The first-order chi connectivity index (χ1) is 8.63. The molecule has 0 aliphatic heterocycles. The van der Waals surface area contributed by atoms with E-state index >= 15 is 0 Å². The monoisotopic (exact) mass is 250 g/mol. The predicted molar refractivity (Wildman–Crippen MR) is 72.2 cm³/mol. The number of amides is 1. The number of hydrogen-bond donors (Lipinski definition) is 2. The molecule has 100 valence electrons. The fourth-order valence-electron chi connectivity index (χ4n) is 1.77. The minimum absolute atomic E-state index is 0.0109. The molecule has 18 heavy (non-hydrogen) atoms. The fourth-order valence-corrected chi connectivity index (χ4v) is 1.77. The third-order valence-electron chi connectivity index (χ3n) is 2.77. The number of primary amides is 1. The van der Waals surface area contributed by atoms with Gasteiger partial charge in [-0.25, -0.2) is 0 Å². The number of ether oxygens (including phenoxy) is 1. The van der Waals surface area contributed by atoms with Crippen molar-refractivity contribution in [3.8, 4) is 0 Å². The molecule has 0 aromatic heterocycles. The molecule has 1 atom stereocenters. The number of benzene rings is 1. The van der Waals surface area contributed by atoms with Gasteiger partial charge in [-0.15, -0.1) is 0 Å². The van der Waals surface area contributed by atoms with Crippen LogP contribution in [0.5, 0.6) is 0 Å². The summed E-state index contributed by atoms with van der Waals surface area (Å²) < 4.78 is 5.11. The zero-order chi connectivity index (χ0) is 13.4. The molecule has 0 heterocycles. The van der Waals surface area contributed by atoms with Crippen molar-refractivity contribution in [3.63, 3.8) is 0 Å². The van der Waals surface area contributed by atoms with Crippen LogP contribution in [0, 0.1) is 6.92 Å². The SMILES string of the molecule is CCC(NCCOCC(N)=O)c1ccc(C)cc1. The van der Waals surface area contributed by atoms with E-state index in [4.69, 9.17) is 10.5 Å². The summed E-state index contributed by atoms with van der Waals surface area (Å²) in [6.45, 7) is 5.41. The highest BCUT2D eigenvalue weighted by Gasteiger charge is 2.07. The van der Waals surface area contributed by atoms with Gasteiger partial charge in [0.15, 0.2) is 0 Å². The van der Waals surface area contributed by atoms with E-state index in [1.165, 1.54) is 11.1 Å². The summed E-state index contributed by atoms with van der Waals surface area (Å²) in [7, 11) is 0. The number of carbonyl (C=O) groups excluding carboxylic acids is 1. The highest BCUT2D eigenvalue weighted by atomic mass is 16.5. The molecule has 1 rings (SSSR count). The Labute approximate surface area is 109 Å². The molecule has 0 saturated carbocycles. The van der Waals surface area contributed by atoms with E-state index in [1.54, 1.807) is 0 Å². The lowest BCUT2D eigenvalue weighted by Crippen LogP contribution is -2.27. The summed E-state index contributed by atoms with van der Waals surface area (Å²) in [6, 6.07) is 8.83. The smallest absolute Gasteiger partial charge is 0.243 e. The normalized spacial score (nSPS) is 12.3. The van der Waals surface area contributed by atoms with Crippen molar-refractivity contribution in [2.45, 2.75) is 26.3 Å². The molecule has 1 aromatic rings. The van der Waals surface area contributed by atoms with Crippen molar-refractivity contribution in [1.29, 1.82) is 0 Å². The van der Waals surface area contributed by atoms with Crippen LogP contribution in [0.3, 0.4) is 0 Å². The van der Waals surface area contributed by atoms with Gasteiger partial charge in [0.05, 0.1) is 6.61 Å². The van der Waals surface area contributed by atoms with Gasteiger partial charge in [0.2, 0.25) is 5.91 Å². The van der Waals surface area contributed by atoms with Crippen LogP contribution in [0.4, 0.5) is 0 Å². The first-order valence-corrected chi connectivity index (χ1v) is 6.29. The summed E-state index contributed by atoms with van der Waals surface area (Å²) in [5.74, 6) is -0.430. The van der Waals surface area contributed by atoms with Crippen molar-refractivity contribution in [1.82, 2.24) is 5.32 Å². The van der Waals surface area contributed by atoms with E-state index < -0.39 is 5.91 Å². The molecule has 0 radical (unpaired) electrons. The summed E-state index contributed by atoms with van der Waals surface area (Å²) in [4.78, 5) is 10.5. The molecular weight excluding hydrogens is 228 g/mol. The van der Waals surface area contributed by atoms with Crippen molar-refractivity contribution < 1.29 is 9.53 Å². The van der Waals surface area contributed by atoms with E-state index in [0.717, 1.165) is 6.42 Å². The molecule has 0 spiro atoms. The number of hydrogen-bond acceptors (Lipinski definition) is 3. The Hall–Kier alpha value is -1.39. The van der Waals surface area contributed by atoms with Crippen molar-refractivity contribution in [2.24, 2.45) is 5.73 Å². The van der Waals surface area contributed by atoms with Crippen LogP contribution < -0.4 is 11.1 Å². The average Bonchev–Trinajstić information content (AvgIpc) is 2.35. The average molecular weight is 250 g/mol. The molecule has 0 aliphatic rings. The Morgan fingerprint density at radius 2 is 2.06 bits per heavy atom. The first-order valence-electron chi connectivity index (χ1n) is 6.29. The molecule has 4 heteroatoms. The Morgan fingerprint density at radius 3 is 2.61 bits per heavy atom. The Bertz CT molecular complexity index is 363. The second-order valence-electron chi connectivity index (χ2n) is 4.34. The fraction of sp³-hybridized carbons (Fsp3) is 0.500. The van der Waals surface area contributed by atoms with E-state index in [1.807, 2.05) is 0 Å². The van der Waals surface area contributed by atoms with Crippen LogP contribution in [-0.4, -0.2) is 25.7 Å². The van der Waals surface area contributed by atoms with E-state index in [2.05, 4.69) is 43.4 Å². The summed E-state index contributed by atoms with van der Waals surface area (Å²) in [5.41, 5.74) is 7.52. The lowest BCUT2D eigenvalue weighted by atomic mass is 10.0. The maximum absolute atomic E-state index is 10.5.